The zero-order valence-corrected chi connectivity index (χ0v) is 27.0. The summed E-state index contributed by atoms with van der Waals surface area (Å²) in [7, 11) is -3.25. The fraction of sp³-hybridized carbons (Fsp3) is 0.500. The van der Waals surface area contributed by atoms with Crippen LogP contribution in [0.4, 0.5) is 0 Å². The monoisotopic (exact) mass is 645 g/mol. The fourth-order valence-electron chi connectivity index (χ4n) is 3.98. The zero-order valence-electron chi connectivity index (χ0n) is 22.9. The summed E-state index contributed by atoms with van der Waals surface area (Å²) in [6, 6.07) is 12.0. The molecule has 0 N–H and O–H groups in total. The molecule has 0 unspecified atom stereocenters. The van der Waals surface area contributed by atoms with Gasteiger partial charge in [0.1, 0.15) is 36.8 Å². The Morgan fingerprint density at radius 1 is 1.03 bits per heavy atom. The van der Waals surface area contributed by atoms with E-state index in [1.54, 1.807) is 6.08 Å². The number of hydrogen-bond acceptors (Lipinski definition) is 5. The molecule has 2 aromatic carbocycles. The van der Waals surface area contributed by atoms with Crippen LogP contribution in [0, 0.1) is 6.92 Å². The van der Waals surface area contributed by atoms with Crippen molar-refractivity contribution in [1.82, 2.24) is 4.31 Å². The molecule has 0 heterocycles. The van der Waals surface area contributed by atoms with Crippen LogP contribution >= 0.6 is 15.9 Å². The first kappa shape index (κ1) is 31.5. The van der Waals surface area contributed by atoms with E-state index in [4.69, 9.17) is 14.2 Å². The van der Waals surface area contributed by atoms with Gasteiger partial charge in [-0.15, -0.1) is 4.31 Å². The summed E-state index contributed by atoms with van der Waals surface area (Å²) in [6.07, 6.45) is 12.1. The highest BCUT2D eigenvalue weighted by molar-refractivity contribution is 9.10. The van der Waals surface area contributed by atoms with Crippen LogP contribution in [0.5, 0.6) is 5.75 Å². The lowest BCUT2D eigenvalue weighted by atomic mass is 10.1. The van der Waals surface area contributed by atoms with E-state index in [1.807, 2.05) is 31.2 Å². The third kappa shape index (κ3) is 9.57. The SMILES string of the molecule is Cc1cc(O[C@@H]2CCc3c(Br)cccc32)ccc1/C=C/S(=O)(=O)N(COCC[S+](C)C)COCC[S+](C)C. The van der Waals surface area contributed by atoms with Crippen molar-refractivity contribution < 1.29 is 22.6 Å². The maximum atomic E-state index is 13.2. The van der Waals surface area contributed by atoms with Gasteiger partial charge in [-0.3, -0.25) is 0 Å². The maximum Gasteiger partial charge on any atom is 0.240 e. The highest BCUT2D eigenvalue weighted by Gasteiger charge is 2.26. The summed E-state index contributed by atoms with van der Waals surface area (Å²) >= 11 is 3.64. The average molecular weight is 647 g/mol. The van der Waals surface area contributed by atoms with Crippen molar-refractivity contribution >= 4 is 53.8 Å². The van der Waals surface area contributed by atoms with E-state index in [-0.39, 0.29) is 41.4 Å². The molecule has 0 spiro atoms. The van der Waals surface area contributed by atoms with Crippen LogP contribution in [-0.2, 0) is 47.7 Å². The molecule has 0 saturated heterocycles. The smallest absolute Gasteiger partial charge is 0.240 e. The van der Waals surface area contributed by atoms with Gasteiger partial charge in [0, 0.05) is 9.88 Å². The lowest BCUT2D eigenvalue weighted by molar-refractivity contribution is 0.0107. The molecule has 0 bridgehead atoms. The van der Waals surface area contributed by atoms with Gasteiger partial charge < -0.3 is 14.2 Å². The quantitative estimate of drug-likeness (QED) is 0.153. The molecular weight excluding hydrogens is 606 g/mol. The Kier molecular flexibility index (Phi) is 12.5. The number of nitrogens with zero attached hydrogens (tertiary/aromatic N) is 1. The second kappa shape index (κ2) is 15.1. The molecule has 38 heavy (non-hydrogen) atoms. The molecule has 3 rings (SSSR count). The number of hydrogen-bond donors (Lipinski definition) is 0. The summed E-state index contributed by atoms with van der Waals surface area (Å²) in [5, 5.41) is 1.24. The minimum Gasteiger partial charge on any atom is -0.486 e. The molecule has 0 amide bonds. The van der Waals surface area contributed by atoms with Crippen LogP contribution < -0.4 is 4.74 Å². The number of ether oxygens (including phenoxy) is 3. The topological polar surface area (TPSA) is 65.1 Å². The van der Waals surface area contributed by atoms with Crippen LogP contribution in [0.25, 0.3) is 6.08 Å². The van der Waals surface area contributed by atoms with Crippen molar-refractivity contribution in [3.63, 3.8) is 0 Å². The Morgan fingerprint density at radius 3 is 2.29 bits per heavy atom. The number of halogens is 1. The van der Waals surface area contributed by atoms with E-state index in [0.717, 1.165) is 45.7 Å². The highest BCUT2D eigenvalue weighted by Crippen LogP contribution is 2.38. The van der Waals surface area contributed by atoms with Gasteiger partial charge in [-0.1, -0.05) is 34.1 Å². The van der Waals surface area contributed by atoms with Crippen LogP contribution in [0.1, 0.15) is 34.8 Å². The summed E-state index contributed by atoms with van der Waals surface area (Å²) < 4.78 is 46.4. The maximum absolute atomic E-state index is 13.2. The third-order valence-corrected chi connectivity index (χ3v) is 10.3. The van der Waals surface area contributed by atoms with Crippen molar-refractivity contribution in [3.05, 3.63) is 68.5 Å². The van der Waals surface area contributed by atoms with Gasteiger partial charge in [-0.05, 0) is 88.1 Å². The molecule has 1 aliphatic carbocycles. The zero-order chi connectivity index (χ0) is 27.7. The van der Waals surface area contributed by atoms with Gasteiger partial charge in [0.25, 0.3) is 0 Å². The number of aryl methyl sites for hydroxylation is 1. The standard InChI is InChI=1S/C28H40BrNO5S3/c1-22-19-24(35-28-12-11-25-26(28)7-6-8-27(25)29)10-9-23(22)13-18-38(31,32)30(20-33-14-16-36(2)3)21-34-15-17-37(4)5/h6-10,13,18-19,28H,11-12,14-17,20-21H2,1-5H3/q+2/b18-13+/t28-/m1/s1. The number of rotatable bonds is 15. The molecule has 6 nitrogen and oxygen atoms in total. The van der Waals surface area contributed by atoms with Crippen molar-refractivity contribution in [3.8, 4) is 5.75 Å². The van der Waals surface area contributed by atoms with Crippen molar-refractivity contribution in [1.29, 1.82) is 0 Å². The second-order valence-corrected chi connectivity index (χ2v) is 17.2. The third-order valence-electron chi connectivity index (χ3n) is 6.20. The van der Waals surface area contributed by atoms with Gasteiger partial charge in [0.15, 0.2) is 0 Å². The summed E-state index contributed by atoms with van der Waals surface area (Å²) in [4.78, 5) is 0. The van der Waals surface area contributed by atoms with Crippen molar-refractivity contribution in [2.75, 3.05) is 63.2 Å². The molecule has 10 heteroatoms. The largest absolute Gasteiger partial charge is 0.486 e. The van der Waals surface area contributed by atoms with Crippen molar-refractivity contribution in [2.24, 2.45) is 0 Å². The first-order valence-electron chi connectivity index (χ1n) is 12.5. The molecule has 0 aromatic heterocycles. The first-order chi connectivity index (χ1) is 18.1. The molecule has 2 aromatic rings. The predicted molar refractivity (Wildman–Crippen MR) is 167 cm³/mol. The fourth-order valence-corrected chi connectivity index (χ4v) is 6.40. The predicted octanol–water partition coefficient (Wildman–Crippen LogP) is 5.13. The minimum atomic E-state index is -3.73. The van der Waals surface area contributed by atoms with E-state index in [2.05, 4.69) is 53.1 Å². The molecule has 0 saturated carbocycles. The summed E-state index contributed by atoms with van der Waals surface area (Å²) in [5.74, 6) is 2.58. The molecule has 1 atom stereocenters. The lowest BCUT2D eigenvalue weighted by Gasteiger charge is -2.20. The lowest BCUT2D eigenvalue weighted by Crippen LogP contribution is -2.35. The second-order valence-electron chi connectivity index (χ2n) is 9.72. The van der Waals surface area contributed by atoms with Crippen LogP contribution in [0.2, 0.25) is 0 Å². The molecular formula is C28H40BrNO5S3+2. The summed E-state index contributed by atoms with van der Waals surface area (Å²) in [6.45, 7) is 2.93. The Balaban J connectivity index is 1.66. The molecule has 210 valence electrons. The van der Waals surface area contributed by atoms with Gasteiger partial charge in [0.05, 0.1) is 38.2 Å². The molecule has 0 fully saturated rings. The first-order valence-corrected chi connectivity index (χ1v) is 19.2. The number of fused-ring (bicyclic) bond motifs is 1. The Bertz CT molecular complexity index is 1170. The van der Waals surface area contributed by atoms with E-state index >= 15 is 0 Å². The summed E-state index contributed by atoms with van der Waals surface area (Å²) in [5.41, 5.74) is 4.29. The van der Waals surface area contributed by atoms with Crippen LogP contribution in [0.3, 0.4) is 0 Å². The van der Waals surface area contributed by atoms with Gasteiger partial charge in [-0.2, -0.15) is 0 Å². The van der Waals surface area contributed by atoms with E-state index < -0.39 is 10.0 Å². The molecule has 1 aliphatic rings. The normalized spacial score (nSPS) is 15.8. The van der Waals surface area contributed by atoms with Gasteiger partial charge in [-0.25, -0.2) is 8.42 Å². The van der Waals surface area contributed by atoms with Crippen LogP contribution in [-0.4, -0.2) is 75.9 Å². The Labute approximate surface area is 243 Å². The van der Waals surface area contributed by atoms with Gasteiger partial charge in [0.2, 0.25) is 10.0 Å². The molecule has 0 aliphatic heterocycles. The van der Waals surface area contributed by atoms with E-state index in [0.29, 0.717) is 13.2 Å². The minimum absolute atomic E-state index is 0.0182. The van der Waals surface area contributed by atoms with E-state index in [1.165, 1.54) is 20.8 Å². The number of sulfonamides is 1. The average Bonchev–Trinajstić information content (AvgIpc) is 3.26. The number of benzene rings is 2. The molecule has 0 radical (unpaired) electrons. The Morgan fingerprint density at radius 2 is 1.68 bits per heavy atom. The van der Waals surface area contributed by atoms with Gasteiger partial charge >= 0.3 is 0 Å². The van der Waals surface area contributed by atoms with Crippen molar-refractivity contribution in [2.45, 2.75) is 25.9 Å². The van der Waals surface area contributed by atoms with E-state index in [9.17, 15) is 8.42 Å². The highest BCUT2D eigenvalue weighted by atomic mass is 79.9. The Hall–Kier alpha value is -1.01. The van der Waals surface area contributed by atoms with Crippen LogP contribution in [0.15, 0.2) is 46.3 Å².